The summed E-state index contributed by atoms with van der Waals surface area (Å²) < 4.78 is 61.0. The van der Waals surface area contributed by atoms with Crippen molar-refractivity contribution in [2.45, 2.75) is 257 Å². The van der Waals surface area contributed by atoms with Gasteiger partial charge in [0.1, 0.15) is 25.4 Å². The molecule has 103 heavy (non-hydrogen) atoms. The zero-order chi connectivity index (χ0) is 75.2. The fraction of sp³-hybridized carbons (Fsp3) is 0.541. The molecule has 578 valence electrons. The smallest absolute Gasteiger partial charge is 0.463 e. The van der Waals surface area contributed by atoms with Gasteiger partial charge in [0.15, 0.2) is 6.10 Å². The van der Waals surface area contributed by atoms with E-state index >= 15 is 0 Å². The van der Waals surface area contributed by atoms with Gasteiger partial charge in [0.25, 0.3) is 0 Å². The average Bonchev–Trinajstić information content (AvgIpc) is 0.921. The molecule has 0 aromatic rings. The topological polar surface area (TPSA) is 231 Å². The highest BCUT2D eigenvalue weighted by atomic mass is 31.2. The lowest BCUT2D eigenvalue weighted by molar-refractivity contribution is -0.161. The van der Waals surface area contributed by atoms with Crippen molar-refractivity contribution in [2.24, 2.45) is 0 Å². The van der Waals surface area contributed by atoms with Crippen LogP contribution in [0.3, 0.4) is 0 Å². The zero-order valence-electron chi connectivity index (χ0n) is 62.9. The number of ether oxygens (including phenoxy) is 3. The molecule has 0 amide bonds. The van der Waals surface area contributed by atoms with E-state index in [1.165, 1.54) is 0 Å². The molecule has 5 atom stereocenters. The third-order valence-electron chi connectivity index (χ3n) is 14.7. The number of unbranched alkanes of at least 4 members (excludes halogenated alkanes) is 10. The molecule has 16 nitrogen and oxygen atoms in total. The summed E-state index contributed by atoms with van der Waals surface area (Å²) in [4.78, 5) is 58.6. The van der Waals surface area contributed by atoms with Crippen molar-refractivity contribution in [1.82, 2.24) is 0 Å². The molecule has 0 rings (SSSR count). The third kappa shape index (κ3) is 76.8. The van der Waals surface area contributed by atoms with Crippen LogP contribution >= 0.6 is 15.6 Å². The molecule has 0 aromatic heterocycles. The second kappa shape index (κ2) is 75.5. The maximum atomic E-state index is 13.0. The lowest BCUT2D eigenvalue weighted by Crippen LogP contribution is -2.30. The van der Waals surface area contributed by atoms with Gasteiger partial charge in [-0.2, -0.15) is 0 Å². The van der Waals surface area contributed by atoms with Crippen LogP contribution in [-0.2, 0) is 55.8 Å². The van der Waals surface area contributed by atoms with Crippen LogP contribution in [0, 0.1) is 0 Å². The molecule has 0 aliphatic carbocycles. The first kappa shape index (κ1) is 96.9. The predicted molar refractivity (Wildman–Crippen MR) is 426 cm³/mol. The Morgan fingerprint density at radius 3 is 0.786 bits per heavy atom. The molecule has 0 saturated heterocycles. The van der Waals surface area contributed by atoms with Crippen LogP contribution < -0.4 is 0 Å². The van der Waals surface area contributed by atoms with Gasteiger partial charge in [-0.05, 0) is 173 Å². The van der Waals surface area contributed by atoms with Crippen molar-refractivity contribution >= 4 is 33.6 Å². The van der Waals surface area contributed by atoms with Crippen molar-refractivity contribution < 1.29 is 75.8 Å². The number of phosphoric ester groups is 2. The highest BCUT2D eigenvalue weighted by Gasteiger charge is 2.29. The van der Waals surface area contributed by atoms with Crippen LogP contribution in [-0.4, -0.2) is 95.9 Å². The largest absolute Gasteiger partial charge is 0.472 e. The Morgan fingerprint density at radius 1 is 0.272 bits per heavy atom. The minimum absolute atomic E-state index is 0.0285. The number of hydrogen-bond donors (Lipinski definition) is 4. The zero-order valence-corrected chi connectivity index (χ0v) is 64.7. The number of carbonyl (C=O) groups is 3. The number of allylic oxidation sites excluding steroid dienone is 36. The lowest BCUT2D eigenvalue weighted by Gasteiger charge is -2.21. The summed E-state index contributed by atoms with van der Waals surface area (Å²) in [5, 5.41) is 20.6. The Hall–Kier alpha value is -6.13. The number of carbonyl (C=O) groups excluding carboxylic acids is 3. The molecule has 18 heteroatoms. The van der Waals surface area contributed by atoms with Crippen molar-refractivity contribution in [3.63, 3.8) is 0 Å². The molecular weight excluding hydrogens is 1340 g/mol. The number of aliphatic hydroxyl groups excluding tert-OH is 2. The monoisotopic (exact) mass is 1470 g/mol. The molecule has 0 bridgehead atoms. The molecule has 0 spiro atoms. The van der Waals surface area contributed by atoms with Crippen molar-refractivity contribution in [1.29, 1.82) is 0 Å². The summed E-state index contributed by atoms with van der Waals surface area (Å²) >= 11 is 0. The van der Waals surface area contributed by atoms with Crippen molar-refractivity contribution in [3.05, 3.63) is 219 Å². The Morgan fingerprint density at radius 2 is 0.485 bits per heavy atom. The van der Waals surface area contributed by atoms with Gasteiger partial charge in [-0.3, -0.25) is 32.5 Å². The highest BCUT2D eigenvalue weighted by Crippen LogP contribution is 2.45. The van der Waals surface area contributed by atoms with Gasteiger partial charge < -0.3 is 34.2 Å². The van der Waals surface area contributed by atoms with Gasteiger partial charge in [-0.1, -0.05) is 265 Å². The van der Waals surface area contributed by atoms with E-state index in [9.17, 15) is 43.5 Å². The van der Waals surface area contributed by atoms with E-state index in [4.69, 9.17) is 32.3 Å². The Balaban J connectivity index is 4.82. The molecule has 0 saturated carbocycles. The lowest BCUT2D eigenvalue weighted by atomic mass is 10.1. The minimum Gasteiger partial charge on any atom is -0.463 e. The molecule has 0 aromatic carbocycles. The van der Waals surface area contributed by atoms with E-state index in [-0.39, 0.29) is 19.3 Å². The van der Waals surface area contributed by atoms with E-state index < -0.39 is 91.5 Å². The first-order valence-corrected chi connectivity index (χ1v) is 41.0. The molecule has 0 heterocycles. The van der Waals surface area contributed by atoms with E-state index in [0.717, 1.165) is 173 Å². The van der Waals surface area contributed by atoms with Crippen LogP contribution in [0.2, 0.25) is 0 Å². The van der Waals surface area contributed by atoms with Crippen LogP contribution in [0.4, 0.5) is 0 Å². The number of esters is 3. The Kier molecular flexibility index (Phi) is 71.1. The summed E-state index contributed by atoms with van der Waals surface area (Å²) in [5.74, 6) is -1.71. The predicted octanol–water partition coefficient (Wildman–Crippen LogP) is 22.3. The molecule has 0 fully saturated rings. The van der Waals surface area contributed by atoms with Gasteiger partial charge in [-0.25, -0.2) is 9.13 Å². The van der Waals surface area contributed by atoms with Crippen LogP contribution in [0.15, 0.2) is 219 Å². The van der Waals surface area contributed by atoms with Gasteiger partial charge >= 0.3 is 33.6 Å². The fourth-order valence-corrected chi connectivity index (χ4v) is 10.6. The second-order valence-electron chi connectivity index (χ2n) is 24.3. The van der Waals surface area contributed by atoms with E-state index in [2.05, 4.69) is 240 Å². The average molecular weight is 1470 g/mol. The fourth-order valence-electron chi connectivity index (χ4n) is 8.99. The summed E-state index contributed by atoms with van der Waals surface area (Å²) in [6, 6.07) is 0. The standard InChI is InChI=1S/C85H132O16P2/c1-4-7-10-13-16-19-22-25-28-31-34-37-38-39-40-43-45-47-50-53-56-59-62-65-68-71-83(88)95-74-80(86)75-97-102(91,92)98-76-81(87)77-99-103(93,94)100-79-82(101-85(90)73-70-67-64-61-58-55-52-49-46-42-36-33-30-27-24-21-18-15-12-9-6-3)78-96-84(89)72-69-66-63-60-57-54-51-48-44-41-35-32-29-26-23-20-17-14-11-8-5-2/h7-12,16-21,25-30,34-37,39-42,45,47-49,51-52,57-58,60-61,80-82,86-87H,4-6,13-15,22-24,31-33,38,43-44,46,50,53-56,59,62-79H2,1-3H3,(H,91,92)(H,93,94)/b10-7-,11-8-,12-9-,19-16-,20-17-,21-18-,28-25-,29-26-,30-27-,37-34-,40-39-,41-35-,42-36-,47-45-,51-48-,52-49-,60-57-,61-58-. The Bertz CT molecular complexity index is 2750. The van der Waals surface area contributed by atoms with E-state index in [1.54, 1.807) is 0 Å². The van der Waals surface area contributed by atoms with Crippen LogP contribution in [0.5, 0.6) is 0 Å². The van der Waals surface area contributed by atoms with Gasteiger partial charge in [0.2, 0.25) is 0 Å². The molecular formula is C85H132O16P2. The van der Waals surface area contributed by atoms with Gasteiger partial charge in [0.05, 0.1) is 26.4 Å². The quantitative estimate of drug-likeness (QED) is 0.0146. The molecule has 4 N–H and O–H groups in total. The second-order valence-corrected chi connectivity index (χ2v) is 27.2. The van der Waals surface area contributed by atoms with Gasteiger partial charge in [0, 0.05) is 19.3 Å². The van der Waals surface area contributed by atoms with E-state index in [0.29, 0.717) is 25.7 Å². The normalized spacial score (nSPS) is 15.2. The molecule has 0 radical (unpaired) electrons. The summed E-state index contributed by atoms with van der Waals surface area (Å²) in [6.45, 7) is 2.17. The van der Waals surface area contributed by atoms with Crippen LogP contribution in [0.25, 0.3) is 0 Å². The van der Waals surface area contributed by atoms with Gasteiger partial charge in [-0.15, -0.1) is 0 Å². The van der Waals surface area contributed by atoms with Crippen molar-refractivity contribution in [2.75, 3.05) is 39.6 Å². The molecule has 5 unspecified atom stereocenters. The number of aliphatic hydroxyl groups is 2. The SMILES string of the molecule is CC/C=C\C/C=C\C/C=C\C/C=C\C/C=C\C/C=C\CCCCCCCCC(=O)OCC(O)COP(=O)(O)OCC(O)COP(=O)(O)OCC(COC(=O)CCCC/C=C\C/C=C\C/C=C\C/C=C\C/C=C\C/C=C\CC)OC(=O)CCCC/C=C\C/C=C\C/C=C\C/C=C\C/C=C\C/C=C\CC. The molecule has 0 aliphatic heterocycles. The van der Waals surface area contributed by atoms with Crippen LogP contribution in [0.1, 0.15) is 239 Å². The summed E-state index contributed by atoms with van der Waals surface area (Å²) in [5.41, 5.74) is 0. The number of phosphoric acid groups is 2. The number of hydrogen-bond acceptors (Lipinski definition) is 14. The van der Waals surface area contributed by atoms with Crippen molar-refractivity contribution in [3.8, 4) is 0 Å². The summed E-state index contributed by atoms with van der Waals surface area (Å²) in [7, 11) is -9.85. The molecule has 0 aliphatic rings. The van der Waals surface area contributed by atoms with E-state index in [1.807, 2.05) is 0 Å². The first-order valence-electron chi connectivity index (χ1n) is 38.0. The minimum atomic E-state index is -4.97. The number of rotatable bonds is 69. The third-order valence-corrected chi connectivity index (χ3v) is 16.6. The maximum absolute atomic E-state index is 13.0. The maximum Gasteiger partial charge on any atom is 0.472 e. The Labute approximate surface area is 622 Å². The first-order chi connectivity index (χ1) is 50.2. The highest BCUT2D eigenvalue weighted by molar-refractivity contribution is 7.47. The summed E-state index contributed by atoms with van der Waals surface area (Å²) in [6.07, 6.45) is 101.